The van der Waals surface area contributed by atoms with E-state index in [0.29, 0.717) is 22.6 Å². The lowest BCUT2D eigenvalue weighted by atomic mass is 10.2. The Morgan fingerprint density at radius 1 is 0.938 bits per heavy atom. The van der Waals surface area contributed by atoms with E-state index in [-0.39, 0.29) is 15.7 Å². The van der Waals surface area contributed by atoms with Gasteiger partial charge >= 0.3 is 10.1 Å². The number of nitrogens with one attached hydrogen (secondary N) is 1. The molecule has 1 N–H and O–H groups in total. The molecule has 0 aliphatic rings. The molecule has 0 unspecified atom stereocenters. The van der Waals surface area contributed by atoms with Crippen LogP contribution in [-0.2, 0) is 10.1 Å². The number of hydrogen-bond donors (Lipinski definition) is 1. The van der Waals surface area contributed by atoms with Crippen molar-refractivity contribution in [1.82, 2.24) is 5.43 Å². The topological polar surface area (TPSA) is 103 Å². The molecule has 0 bridgehead atoms. The number of nitrogens with zero attached hydrogens (tertiary/aromatic N) is 1. The van der Waals surface area contributed by atoms with Crippen LogP contribution in [0.3, 0.4) is 0 Å². The number of hydrazone groups is 1. The van der Waals surface area contributed by atoms with E-state index >= 15 is 0 Å². The molecule has 0 spiro atoms. The van der Waals surface area contributed by atoms with Crippen LogP contribution >= 0.6 is 11.6 Å². The predicted octanol–water partition coefficient (Wildman–Crippen LogP) is 3.89. The van der Waals surface area contributed by atoms with Crippen LogP contribution in [0.5, 0.6) is 17.2 Å². The van der Waals surface area contributed by atoms with E-state index in [2.05, 4.69) is 10.5 Å². The largest absolute Gasteiger partial charge is 0.493 e. The summed E-state index contributed by atoms with van der Waals surface area (Å²) in [5.41, 5.74) is 3.24. The zero-order valence-corrected chi connectivity index (χ0v) is 18.7. The van der Waals surface area contributed by atoms with Crippen molar-refractivity contribution in [3.05, 3.63) is 82.9 Å². The average Bonchev–Trinajstić information content (AvgIpc) is 2.80. The third-order valence-corrected chi connectivity index (χ3v) is 5.76. The Kier molecular flexibility index (Phi) is 7.34. The zero-order valence-electron chi connectivity index (χ0n) is 17.1. The number of halogens is 1. The highest BCUT2D eigenvalue weighted by molar-refractivity contribution is 7.87. The molecule has 32 heavy (non-hydrogen) atoms. The molecule has 8 nitrogen and oxygen atoms in total. The Morgan fingerprint density at radius 2 is 1.62 bits per heavy atom. The number of benzene rings is 3. The Labute approximate surface area is 190 Å². The maximum absolute atomic E-state index is 12.3. The van der Waals surface area contributed by atoms with Crippen molar-refractivity contribution in [2.45, 2.75) is 4.90 Å². The minimum Gasteiger partial charge on any atom is -0.493 e. The molecule has 10 heteroatoms. The van der Waals surface area contributed by atoms with Crippen LogP contribution in [0.15, 0.2) is 76.7 Å². The molecular formula is C22H19ClN2O6S. The predicted molar refractivity (Wildman–Crippen MR) is 120 cm³/mol. The Morgan fingerprint density at radius 3 is 2.28 bits per heavy atom. The second-order valence-corrected chi connectivity index (χ2v) is 8.26. The van der Waals surface area contributed by atoms with Crippen molar-refractivity contribution >= 4 is 33.8 Å². The van der Waals surface area contributed by atoms with E-state index < -0.39 is 16.0 Å². The van der Waals surface area contributed by atoms with E-state index in [1.807, 2.05) is 0 Å². The lowest BCUT2D eigenvalue weighted by Gasteiger charge is -2.09. The molecule has 0 aliphatic heterocycles. The highest BCUT2D eigenvalue weighted by atomic mass is 35.5. The van der Waals surface area contributed by atoms with E-state index in [0.717, 1.165) is 0 Å². The summed E-state index contributed by atoms with van der Waals surface area (Å²) in [6.07, 6.45) is 1.36. The zero-order chi connectivity index (χ0) is 23.1. The molecule has 1 amide bonds. The molecule has 166 valence electrons. The molecule has 3 aromatic rings. The molecule has 0 saturated heterocycles. The monoisotopic (exact) mass is 474 g/mol. The third kappa shape index (κ3) is 5.57. The lowest BCUT2D eigenvalue weighted by Crippen LogP contribution is -2.17. The van der Waals surface area contributed by atoms with Crippen LogP contribution in [0, 0.1) is 0 Å². The van der Waals surface area contributed by atoms with E-state index in [4.69, 9.17) is 25.3 Å². The summed E-state index contributed by atoms with van der Waals surface area (Å²) >= 11 is 6.16. The minimum absolute atomic E-state index is 0.0135. The first kappa shape index (κ1) is 23.1. The van der Waals surface area contributed by atoms with Gasteiger partial charge in [-0.1, -0.05) is 29.8 Å². The maximum atomic E-state index is 12.3. The number of carbonyl (C=O) groups excluding carboxylic acids is 1. The van der Waals surface area contributed by atoms with Crippen LogP contribution in [0.2, 0.25) is 5.02 Å². The second-order valence-electron chi connectivity index (χ2n) is 6.31. The molecule has 0 atom stereocenters. The van der Waals surface area contributed by atoms with Gasteiger partial charge in [0.15, 0.2) is 17.2 Å². The van der Waals surface area contributed by atoms with Crippen LogP contribution in [-0.4, -0.2) is 34.8 Å². The van der Waals surface area contributed by atoms with Gasteiger partial charge in [-0.2, -0.15) is 13.5 Å². The van der Waals surface area contributed by atoms with Gasteiger partial charge in [-0.3, -0.25) is 4.79 Å². The van der Waals surface area contributed by atoms with Gasteiger partial charge in [0.05, 0.1) is 25.5 Å². The van der Waals surface area contributed by atoms with Crippen molar-refractivity contribution in [3.8, 4) is 17.2 Å². The van der Waals surface area contributed by atoms with E-state index in [1.165, 1.54) is 50.8 Å². The van der Waals surface area contributed by atoms with Crippen LogP contribution in [0.1, 0.15) is 15.9 Å². The smallest absolute Gasteiger partial charge is 0.339 e. The summed E-state index contributed by atoms with van der Waals surface area (Å²) < 4.78 is 40.1. The molecular weight excluding hydrogens is 456 g/mol. The van der Waals surface area contributed by atoms with Crippen molar-refractivity contribution in [1.29, 1.82) is 0 Å². The lowest BCUT2D eigenvalue weighted by molar-refractivity contribution is 0.0954. The van der Waals surface area contributed by atoms with Crippen LogP contribution in [0.25, 0.3) is 0 Å². The molecule has 3 aromatic carbocycles. The summed E-state index contributed by atoms with van der Waals surface area (Å²) in [5, 5.41) is 3.96. The first-order chi connectivity index (χ1) is 15.3. The number of carbonyl (C=O) groups is 1. The molecule has 0 saturated carbocycles. The van der Waals surface area contributed by atoms with Gasteiger partial charge in [0.25, 0.3) is 5.91 Å². The summed E-state index contributed by atoms with van der Waals surface area (Å²) in [7, 11) is -1.04. The number of rotatable bonds is 8. The van der Waals surface area contributed by atoms with Gasteiger partial charge in [0.1, 0.15) is 4.90 Å². The van der Waals surface area contributed by atoms with E-state index in [9.17, 15) is 13.2 Å². The summed E-state index contributed by atoms with van der Waals surface area (Å²) in [6, 6.07) is 16.8. The van der Waals surface area contributed by atoms with Crippen molar-refractivity contribution in [3.63, 3.8) is 0 Å². The van der Waals surface area contributed by atoms with Gasteiger partial charge in [0, 0.05) is 5.56 Å². The average molecular weight is 475 g/mol. The van der Waals surface area contributed by atoms with Crippen LogP contribution in [0.4, 0.5) is 0 Å². The summed E-state index contributed by atoms with van der Waals surface area (Å²) in [5.74, 6) is 0.431. The molecule has 3 rings (SSSR count). The fraction of sp³-hybridized carbons (Fsp3) is 0.0909. The van der Waals surface area contributed by atoms with Gasteiger partial charge < -0.3 is 13.7 Å². The standard InChI is InChI=1S/C22H19ClN2O6S/c1-29-20-11-9-16(13-21(20)30-2)22(26)25-24-14-15-8-10-19(18(23)12-15)31-32(27,28)17-6-4-3-5-7-17/h3-14H,1-2H3,(H,25,26). The van der Waals surface area contributed by atoms with Crippen molar-refractivity contribution in [2.24, 2.45) is 5.10 Å². The normalized spacial score (nSPS) is 11.2. The van der Waals surface area contributed by atoms with Gasteiger partial charge in [-0.25, -0.2) is 5.43 Å². The molecule has 0 aliphatic carbocycles. The number of methoxy groups -OCH3 is 2. The SMILES string of the molecule is COc1ccc(C(=O)NN=Cc2ccc(OS(=O)(=O)c3ccccc3)c(Cl)c2)cc1OC. The highest BCUT2D eigenvalue weighted by Crippen LogP contribution is 2.29. The molecule has 0 aromatic heterocycles. The van der Waals surface area contributed by atoms with Crippen molar-refractivity contribution in [2.75, 3.05) is 14.2 Å². The van der Waals surface area contributed by atoms with Gasteiger partial charge in [-0.15, -0.1) is 0 Å². The molecule has 0 radical (unpaired) electrons. The Bertz CT molecular complexity index is 1250. The quantitative estimate of drug-likeness (QED) is 0.302. The fourth-order valence-electron chi connectivity index (χ4n) is 2.63. The van der Waals surface area contributed by atoms with Crippen molar-refractivity contribution < 1.29 is 26.9 Å². The van der Waals surface area contributed by atoms with E-state index in [1.54, 1.807) is 36.4 Å². The highest BCUT2D eigenvalue weighted by Gasteiger charge is 2.18. The molecule has 0 heterocycles. The van der Waals surface area contributed by atoms with Gasteiger partial charge in [0.2, 0.25) is 0 Å². The Hall–Kier alpha value is -3.56. The number of ether oxygens (including phenoxy) is 2. The fourth-order valence-corrected chi connectivity index (χ4v) is 3.87. The minimum atomic E-state index is -4.01. The number of hydrogen-bond acceptors (Lipinski definition) is 7. The first-order valence-corrected chi connectivity index (χ1v) is 11.0. The van der Waals surface area contributed by atoms with Crippen LogP contribution < -0.4 is 19.1 Å². The number of amides is 1. The summed E-state index contributed by atoms with van der Waals surface area (Å²) in [6.45, 7) is 0. The maximum Gasteiger partial charge on any atom is 0.339 e. The molecule has 0 fully saturated rings. The second kappa shape index (κ2) is 10.2. The Balaban J connectivity index is 1.67. The summed E-state index contributed by atoms with van der Waals surface area (Å²) in [4.78, 5) is 12.3. The van der Waals surface area contributed by atoms with Gasteiger partial charge in [-0.05, 0) is 54.1 Å². The first-order valence-electron chi connectivity index (χ1n) is 9.18. The third-order valence-electron chi connectivity index (χ3n) is 4.21.